The Morgan fingerprint density at radius 1 is 1.15 bits per heavy atom. The lowest BCUT2D eigenvalue weighted by Gasteiger charge is -2.09. The van der Waals surface area contributed by atoms with E-state index in [1.165, 1.54) is 6.07 Å². The van der Waals surface area contributed by atoms with Gasteiger partial charge < -0.3 is 10.5 Å². The van der Waals surface area contributed by atoms with E-state index < -0.39 is 0 Å². The molecule has 2 N–H and O–H groups in total. The molecular formula is C14H11N5O. The smallest absolute Gasteiger partial charge is 0.257 e. The van der Waals surface area contributed by atoms with Crippen molar-refractivity contribution in [1.82, 2.24) is 10.2 Å². The number of aryl methyl sites for hydroxylation is 1. The number of nitrogen functional groups attached to an aromatic ring is 1. The van der Waals surface area contributed by atoms with Crippen molar-refractivity contribution in [2.75, 3.05) is 5.73 Å². The van der Waals surface area contributed by atoms with Gasteiger partial charge in [0.2, 0.25) is 0 Å². The molecule has 2 rings (SSSR count). The molecule has 0 bridgehead atoms. The average molecular weight is 265 g/mol. The summed E-state index contributed by atoms with van der Waals surface area (Å²) in [6.07, 6.45) is 0. The van der Waals surface area contributed by atoms with Crippen LogP contribution in [0.5, 0.6) is 11.6 Å². The van der Waals surface area contributed by atoms with Crippen molar-refractivity contribution < 1.29 is 4.74 Å². The van der Waals surface area contributed by atoms with Crippen LogP contribution in [-0.2, 0) is 0 Å². The molecule has 0 radical (unpaired) electrons. The van der Waals surface area contributed by atoms with Crippen LogP contribution in [0.25, 0.3) is 0 Å². The Kier molecular flexibility index (Phi) is 3.49. The van der Waals surface area contributed by atoms with Gasteiger partial charge in [0.25, 0.3) is 5.88 Å². The molecule has 1 aromatic carbocycles. The van der Waals surface area contributed by atoms with Gasteiger partial charge in [-0.1, -0.05) is 0 Å². The van der Waals surface area contributed by atoms with E-state index in [-0.39, 0.29) is 17.2 Å². The van der Waals surface area contributed by atoms with Crippen molar-refractivity contribution in [3.63, 3.8) is 0 Å². The van der Waals surface area contributed by atoms with Crippen LogP contribution in [0.15, 0.2) is 18.2 Å². The summed E-state index contributed by atoms with van der Waals surface area (Å²) < 4.78 is 5.54. The highest BCUT2D eigenvalue weighted by atomic mass is 16.5. The van der Waals surface area contributed by atoms with E-state index in [0.717, 1.165) is 0 Å². The van der Waals surface area contributed by atoms with Crippen LogP contribution >= 0.6 is 0 Å². The zero-order valence-electron chi connectivity index (χ0n) is 11.0. The van der Waals surface area contributed by atoms with Crippen LogP contribution in [0.1, 0.15) is 22.4 Å². The number of nitrogens with zero attached hydrogens (tertiary/aromatic N) is 4. The minimum Gasteiger partial charge on any atom is -0.435 e. The highest BCUT2D eigenvalue weighted by Crippen LogP contribution is 2.28. The van der Waals surface area contributed by atoms with Crippen molar-refractivity contribution in [1.29, 1.82) is 10.5 Å². The predicted molar refractivity (Wildman–Crippen MR) is 71.9 cm³/mol. The Morgan fingerprint density at radius 3 is 2.55 bits per heavy atom. The zero-order valence-corrected chi connectivity index (χ0v) is 11.0. The summed E-state index contributed by atoms with van der Waals surface area (Å²) in [6, 6.07) is 8.69. The molecule has 1 heterocycles. The first-order chi connectivity index (χ1) is 9.56. The molecule has 0 unspecified atom stereocenters. The van der Waals surface area contributed by atoms with Gasteiger partial charge in [0.1, 0.15) is 23.5 Å². The SMILES string of the molecule is Cc1nnc(Oc2ccc(N)cc2C#N)c(C#N)c1C. The second kappa shape index (κ2) is 5.25. The molecule has 0 atom stereocenters. The Hall–Kier alpha value is -3.12. The Morgan fingerprint density at radius 2 is 1.90 bits per heavy atom. The Labute approximate surface area is 116 Å². The highest BCUT2D eigenvalue weighted by Gasteiger charge is 2.14. The number of nitriles is 2. The summed E-state index contributed by atoms with van der Waals surface area (Å²) in [5.74, 6) is 0.368. The summed E-state index contributed by atoms with van der Waals surface area (Å²) in [5, 5.41) is 26.0. The van der Waals surface area contributed by atoms with E-state index in [1.807, 2.05) is 12.1 Å². The van der Waals surface area contributed by atoms with Gasteiger partial charge in [-0.15, -0.1) is 5.10 Å². The normalized spacial score (nSPS) is 9.60. The van der Waals surface area contributed by atoms with E-state index >= 15 is 0 Å². The van der Waals surface area contributed by atoms with E-state index in [9.17, 15) is 5.26 Å². The topological polar surface area (TPSA) is 109 Å². The fourth-order valence-electron chi connectivity index (χ4n) is 1.62. The summed E-state index contributed by atoms with van der Waals surface area (Å²) >= 11 is 0. The van der Waals surface area contributed by atoms with Gasteiger partial charge >= 0.3 is 0 Å². The zero-order chi connectivity index (χ0) is 14.7. The van der Waals surface area contributed by atoms with E-state index in [4.69, 9.17) is 15.7 Å². The lowest BCUT2D eigenvalue weighted by Crippen LogP contribution is -2.01. The molecule has 0 spiro atoms. The maximum atomic E-state index is 9.19. The number of benzene rings is 1. The van der Waals surface area contributed by atoms with Gasteiger partial charge in [-0.25, -0.2) is 0 Å². The second-order valence-electron chi connectivity index (χ2n) is 4.17. The first-order valence-electron chi connectivity index (χ1n) is 5.78. The molecule has 98 valence electrons. The molecule has 2 aromatic rings. The van der Waals surface area contributed by atoms with Crippen LogP contribution < -0.4 is 10.5 Å². The monoisotopic (exact) mass is 265 g/mol. The number of hydrogen-bond donors (Lipinski definition) is 1. The number of hydrogen-bond acceptors (Lipinski definition) is 6. The first kappa shape index (κ1) is 13.3. The third-order valence-corrected chi connectivity index (χ3v) is 2.86. The number of rotatable bonds is 2. The van der Waals surface area contributed by atoms with Gasteiger partial charge in [-0.2, -0.15) is 15.6 Å². The summed E-state index contributed by atoms with van der Waals surface area (Å²) in [7, 11) is 0. The molecule has 0 saturated carbocycles. The minimum atomic E-state index is 0.0804. The van der Waals surface area contributed by atoms with Gasteiger partial charge in [0.15, 0.2) is 0 Å². The maximum Gasteiger partial charge on any atom is 0.257 e. The molecule has 6 nitrogen and oxygen atoms in total. The predicted octanol–water partition coefficient (Wildman–Crippen LogP) is 2.21. The quantitative estimate of drug-likeness (QED) is 0.834. The van der Waals surface area contributed by atoms with Crippen molar-refractivity contribution >= 4 is 5.69 Å². The number of nitrogens with two attached hydrogens (primary N) is 1. The number of ether oxygens (including phenoxy) is 1. The van der Waals surface area contributed by atoms with Gasteiger partial charge in [0.05, 0.1) is 11.3 Å². The fourth-order valence-corrected chi connectivity index (χ4v) is 1.62. The summed E-state index contributed by atoms with van der Waals surface area (Å²) in [4.78, 5) is 0. The second-order valence-corrected chi connectivity index (χ2v) is 4.17. The third-order valence-electron chi connectivity index (χ3n) is 2.86. The molecule has 0 fully saturated rings. The van der Waals surface area contributed by atoms with Crippen LogP contribution in [0, 0.1) is 36.5 Å². The maximum absolute atomic E-state index is 9.19. The molecule has 0 aliphatic rings. The van der Waals surface area contributed by atoms with Gasteiger partial charge in [-0.3, -0.25) is 0 Å². The molecule has 0 aliphatic heterocycles. The van der Waals surface area contributed by atoms with Crippen LogP contribution in [0.4, 0.5) is 5.69 Å². The molecule has 20 heavy (non-hydrogen) atoms. The van der Waals surface area contributed by atoms with E-state index in [2.05, 4.69) is 10.2 Å². The lowest BCUT2D eigenvalue weighted by molar-refractivity contribution is 0.450. The van der Waals surface area contributed by atoms with Gasteiger partial charge in [-0.05, 0) is 37.6 Å². The van der Waals surface area contributed by atoms with E-state index in [0.29, 0.717) is 22.5 Å². The van der Waals surface area contributed by atoms with Crippen molar-refractivity contribution in [3.05, 3.63) is 40.6 Å². The molecule has 1 aromatic heterocycles. The van der Waals surface area contributed by atoms with Gasteiger partial charge in [0, 0.05) is 5.69 Å². The highest BCUT2D eigenvalue weighted by molar-refractivity contribution is 5.55. The van der Waals surface area contributed by atoms with Crippen molar-refractivity contribution in [3.8, 4) is 23.8 Å². The van der Waals surface area contributed by atoms with Crippen LogP contribution in [0.2, 0.25) is 0 Å². The molecule has 6 heteroatoms. The third kappa shape index (κ3) is 2.36. The largest absolute Gasteiger partial charge is 0.435 e. The van der Waals surface area contributed by atoms with Crippen LogP contribution in [-0.4, -0.2) is 10.2 Å². The summed E-state index contributed by atoms with van der Waals surface area (Å²) in [6.45, 7) is 3.53. The van der Waals surface area contributed by atoms with Crippen molar-refractivity contribution in [2.45, 2.75) is 13.8 Å². The first-order valence-corrected chi connectivity index (χ1v) is 5.78. The fraction of sp³-hybridized carbons (Fsp3) is 0.143. The van der Waals surface area contributed by atoms with E-state index in [1.54, 1.807) is 26.0 Å². The molecule has 0 saturated heterocycles. The molecule has 0 aliphatic carbocycles. The minimum absolute atomic E-state index is 0.0804. The number of aromatic nitrogens is 2. The molecule has 0 amide bonds. The standard InChI is InChI=1S/C14H11N5O/c1-8-9(2)18-19-14(12(8)7-16)20-13-4-3-11(17)5-10(13)6-15/h3-5H,17H2,1-2H3. The molecular weight excluding hydrogens is 254 g/mol. The number of anilines is 1. The lowest BCUT2D eigenvalue weighted by atomic mass is 10.1. The average Bonchev–Trinajstić information content (AvgIpc) is 2.45. The Balaban J connectivity index is 2.49. The van der Waals surface area contributed by atoms with Crippen molar-refractivity contribution in [2.24, 2.45) is 0 Å². The Bertz CT molecular complexity index is 755. The summed E-state index contributed by atoms with van der Waals surface area (Å²) in [5.41, 5.74) is 8.00. The van der Waals surface area contributed by atoms with Crippen LogP contribution in [0.3, 0.4) is 0 Å².